The van der Waals surface area contributed by atoms with Crippen molar-refractivity contribution < 1.29 is 13.2 Å². The number of nitrogens with zero attached hydrogens (tertiary/aromatic N) is 1. The fourth-order valence-electron chi connectivity index (χ4n) is 3.21. The zero-order chi connectivity index (χ0) is 18.6. The van der Waals surface area contributed by atoms with Crippen LogP contribution in [0.3, 0.4) is 0 Å². The fraction of sp³-hybridized carbons (Fsp3) is 0.350. The van der Waals surface area contributed by atoms with Gasteiger partial charge in [-0.3, -0.25) is 9.10 Å². The molecule has 0 aliphatic carbocycles. The summed E-state index contributed by atoms with van der Waals surface area (Å²) >= 11 is 0. The molecule has 0 aromatic heterocycles. The third kappa shape index (κ3) is 4.07. The van der Waals surface area contributed by atoms with Gasteiger partial charge in [-0.2, -0.15) is 0 Å². The monoisotopic (exact) mass is 372 g/mol. The molecule has 5 nitrogen and oxygen atoms in total. The number of benzene rings is 2. The van der Waals surface area contributed by atoms with Gasteiger partial charge in [0.2, 0.25) is 10.0 Å². The van der Waals surface area contributed by atoms with E-state index in [0.29, 0.717) is 24.2 Å². The fourth-order valence-corrected chi connectivity index (χ4v) is 4.85. The van der Waals surface area contributed by atoms with Gasteiger partial charge >= 0.3 is 0 Å². The highest BCUT2D eigenvalue weighted by Crippen LogP contribution is 2.24. The molecule has 1 fully saturated rings. The van der Waals surface area contributed by atoms with Gasteiger partial charge in [0.1, 0.15) is 0 Å². The van der Waals surface area contributed by atoms with Crippen molar-refractivity contribution in [1.82, 2.24) is 5.32 Å². The number of sulfonamides is 1. The Morgan fingerprint density at radius 3 is 2.38 bits per heavy atom. The lowest BCUT2D eigenvalue weighted by atomic mass is 10.0. The number of carbonyl (C=O) groups excluding carboxylic acids is 1. The van der Waals surface area contributed by atoms with E-state index in [-0.39, 0.29) is 17.7 Å². The smallest absolute Gasteiger partial charge is 0.251 e. The van der Waals surface area contributed by atoms with E-state index >= 15 is 0 Å². The lowest BCUT2D eigenvalue weighted by Gasteiger charge is -2.28. The first-order chi connectivity index (χ1) is 12.5. The molecule has 0 bridgehead atoms. The van der Waals surface area contributed by atoms with Crippen LogP contribution in [-0.2, 0) is 10.0 Å². The van der Waals surface area contributed by atoms with Crippen LogP contribution >= 0.6 is 0 Å². The van der Waals surface area contributed by atoms with Crippen LogP contribution in [0.15, 0.2) is 54.6 Å². The van der Waals surface area contributed by atoms with Gasteiger partial charge < -0.3 is 5.32 Å². The Bertz CT molecular complexity index is 848. The largest absolute Gasteiger partial charge is 0.345 e. The molecule has 3 rings (SSSR count). The van der Waals surface area contributed by atoms with E-state index in [0.717, 1.165) is 18.4 Å². The van der Waals surface area contributed by atoms with Gasteiger partial charge in [-0.05, 0) is 49.1 Å². The zero-order valence-corrected chi connectivity index (χ0v) is 15.7. The molecular weight excluding hydrogens is 348 g/mol. The minimum atomic E-state index is -3.24. The number of amides is 1. The summed E-state index contributed by atoms with van der Waals surface area (Å²) in [4.78, 5) is 12.6. The van der Waals surface area contributed by atoms with E-state index in [2.05, 4.69) is 5.32 Å². The maximum atomic E-state index is 12.6. The Balaban J connectivity index is 1.73. The van der Waals surface area contributed by atoms with Gasteiger partial charge in [0.15, 0.2) is 0 Å². The van der Waals surface area contributed by atoms with Crippen molar-refractivity contribution in [2.24, 2.45) is 0 Å². The van der Waals surface area contributed by atoms with Crippen LogP contribution in [-0.4, -0.2) is 26.6 Å². The van der Waals surface area contributed by atoms with Crippen LogP contribution in [0, 0.1) is 0 Å². The zero-order valence-electron chi connectivity index (χ0n) is 14.9. The van der Waals surface area contributed by atoms with Crippen molar-refractivity contribution in [1.29, 1.82) is 0 Å². The maximum absolute atomic E-state index is 12.6. The molecule has 26 heavy (non-hydrogen) atoms. The van der Waals surface area contributed by atoms with E-state index in [9.17, 15) is 13.2 Å². The molecule has 1 atom stereocenters. The number of rotatable bonds is 5. The second-order valence-corrected chi connectivity index (χ2v) is 8.50. The van der Waals surface area contributed by atoms with E-state index in [4.69, 9.17) is 0 Å². The molecule has 1 aliphatic heterocycles. The Hall–Kier alpha value is -2.34. The lowest BCUT2D eigenvalue weighted by molar-refractivity contribution is 0.0935. The third-order valence-corrected chi connectivity index (χ3v) is 6.55. The first kappa shape index (κ1) is 18.5. The average Bonchev–Trinajstić information content (AvgIpc) is 2.66. The molecule has 1 aliphatic rings. The van der Waals surface area contributed by atoms with Gasteiger partial charge in [0.25, 0.3) is 5.91 Å². The third-order valence-electron chi connectivity index (χ3n) is 4.68. The second kappa shape index (κ2) is 7.91. The molecule has 1 N–H and O–H groups in total. The van der Waals surface area contributed by atoms with E-state index < -0.39 is 10.0 Å². The van der Waals surface area contributed by atoms with Crippen molar-refractivity contribution in [3.05, 3.63) is 65.7 Å². The molecule has 1 amide bonds. The van der Waals surface area contributed by atoms with Crippen LogP contribution in [0.1, 0.15) is 48.1 Å². The van der Waals surface area contributed by atoms with Crippen molar-refractivity contribution in [3.63, 3.8) is 0 Å². The van der Waals surface area contributed by atoms with Crippen LogP contribution in [0.5, 0.6) is 0 Å². The molecule has 2 aromatic carbocycles. The van der Waals surface area contributed by atoms with Crippen molar-refractivity contribution in [2.75, 3.05) is 16.6 Å². The summed E-state index contributed by atoms with van der Waals surface area (Å²) in [5, 5.41) is 3.04. The van der Waals surface area contributed by atoms with Crippen LogP contribution < -0.4 is 9.62 Å². The number of anilines is 1. The summed E-state index contributed by atoms with van der Waals surface area (Å²) in [5.41, 5.74) is 2.22. The minimum Gasteiger partial charge on any atom is -0.345 e. The molecule has 0 saturated carbocycles. The molecule has 2 aromatic rings. The van der Waals surface area contributed by atoms with Gasteiger partial charge in [0, 0.05) is 12.1 Å². The molecule has 138 valence electrons. The van der Waals surface area contributed by atoms with Crippen LogP contribution in [0.2, 0.25) is 0 Å². The first-order valence-corrected chi connectivity index (χ1v) is 10.6. The summed E-state index contributed by atoms with van der Waals surface area (Å²) in [6.45, 7) is 2.53. The van der Waals surface area contributed by atoms with Crippen molar-refractivity contribution >= 4 is 21.6 Å². The Labute approximate surface area is 155 Å². The maximum Gasteiger partial charge on any atom is 0.251 e. The predicted octanol–water partition coefficient (Wildman–Crippen LogP) is 3.50. The number of carbonyl (C=O) groups is 1. The summed E-state index contributed by atoms with van der Waals surface area (Å²) in [5.74, 6) is 0.0265. The highest BCUT2D eigenvalue weighted by atomic mass is 32.2. The Kier molecular flexibility index (Phi) is 5.61. The number of nitrogens with one attached hydrogen (secondary N) is 1. The molecule has 1 unspecified atom stereocenters. The van der Waals surface area contributed by atoms with E-state index in [1.54, 1.807) is 24.3 Å². The quantitative estimate of drug-likeness (QED) is 0.873. The summed E-state index contributed by atoms with van der Waals surface area (Å²) in [7, 11) is -3.24. The normalized spacial score (nSPS) is 17.5. The van der Waals surface area contributed by atoms with Crippen molar-refractivity contribution in [3.8, 4) is 0 Å². The highest BCUT2D eigenvalue weighted by Gasteiger charge is 2.26. The Morgan fingerprint density at radius 2 is 1.77 bits per heavy atom. The van der Waals surface area contributed by atoms with Gasteiger partial charge in [-0.25, -0.2) is 8.42 Å². The molecule has 1 saturated heterocycles. The van der Waals surface area contributed by atoms with Gasteiger partial charge in [0.05, 0.1) is 17.5 Å². The first-order valence-electron chi connectivity index (χ1n) is 8.97. The van der Waals surface area contributed by atoms with E-state index in [1.165, 1.54) is 4.31 Å². The highest BCUT2D eigenvalue weighted by molar-refractivity contribution is 7.92. The minimum absolute atomic E-state index is 0.0501. The van der Waals surface area contributed by atoms with Gasteiger partial charge in [-0.15, -0.1) is 0 Å². The predicted molar refractivity (Wildman–Crippen MR) is 104 cm³/mol. The standard InChI is InChI=1S/C20H24N2O3S/c1-2-19(16-8-4-3-5-9-16)21-20(23)17-10-12-18(13-11-17)22-14-6-7-15-26(22,24)25/h3-5,8-13,19H,2,6-7,14-15H2,1H3,(H,21,23). The number of hydrogen-bond acceptors (Lipinski definition) is 3. The molecule has 6 heteroatoms. The molecular formula is C20H24N2O3S. The summed E-state index contributed by atoms with van der Waals surface area (Å²) < 4.78 is 25.8. The molecule has 0 spiro atoms. The van der Waals surface area contributed by atoms with Crippen LogP contribution in [0.25, 0.3) is 0 Å². The number of hydrogen-bond donors (Lipinski definition) is 1. The topological polar surface area (TPSA) is 66.5 Å². The van der Waals surface area contributed by atoms with E-state index in [1.807, 2.05) is 37.3 Å². The van der Waals surface area contributed by atoms with Gasteiger partial charge in [-0.1, -0.05) is 37.3 Å². The summed E-state index contributed by atoms with van der Waals surface area (Å²) in [6, 6.07) is 16.6. The second-order valence-electron chi connectivity index (χ2n) is 6.49. The molecule has 1 heterocycles. The summed E-state index contributed by atoms with van der Waals surface area (Å²) in [6.07, 6.45) is 2.35. The van der Waals surface area contributed by atoms with Crippen molar-refractivity contribution in [2.45, 2.75) is 32.2 Å². The Morgan fingerprint density at radius 1 is 1.08 bits per heavy atom. The lowest BCUT2D eigenvalue weighted by Crippen LogP contribution is -2.37. The van der Waals surface area contributed by atoms with Crippen LogP contribution in [0.4, 0.5) is 5.69 Å². The SMILES string of the molecule is CCC(NC(=O)c1ccc(N2CCCCS2(=O)=O)cc1)c1ccccc1. The average molecular weight is 372 g/mol. The molecule has 0 radical (unpaired) electrons.